The minimum absolute atomic E-state index is 0.936. The molecule has 2 aromatic heterocycles. The van der Waals surface area contributed by atoms with Crippen molar-refractivity contribution in [2.45, 2.75) is 27.2 Å². The van der Waals surface area contributed by atoms with Crippen molar-refractivity contribution < 1.29 is 0 Å². The molecule has 0 amide bonds. The third kappa shape index (κ3) is 6.00. The quantitative estimate of drug-likeness (QED) is 0.179. The van der Waals surface area contributed by atoms with Gasteiger partial charge in [0.1, 0.15) is 10.3 Å². The molecule has 12 rings (SSSR count). The standard InChI is InChI=1S/C33H24.C23H16N2S/c1-20-15-22-9-3-5-11-24(22)17-29(20)32-21(2)30-19-26-16-23-10-4-6-12-25(23)18-31(26)33(30)28-14-8-7-13-27(28)32;1-15-11-13-17(14-12-15)21-20(16-7-3-2-4-8-16)24-22-18-9-5-6-10-19(18)26-23(22)25-21/h3-18H,19H2,1-2H3;2-14H,1H3. The average Bonchev–Trinajstić information content (AvgIpc) is 3.84. The Morgan fingerprint density at radius 3 is 1.71 bits per heavy atom. The number of fused-ring (bicyclic) bond motifs is 10. The van der Waals surface area contributed by atoms with Crippen molar-refractivity contribution in [3.8, 4) is 44.8 Å². The van der Waals surface area contributed by atoms with E-state index in [4.69, 9.17) is 9.97 Å². The lowest BCUT2D eigenvalue weighted by Gasteiger charge is -2.19. The fourth-order valence-corrected chi connectivity index (χ4v) is 10.2. The molecule has 280 valence electrons. The summed E-state index contributed by atoms with van der Waals surface area (Å²) in [5.74, 6) is 0. The Bertz CT molecular complexity index is 3430. The summed E-state index contributed by atoms with van der Waals surface area (Å²) in [6, 6.07) is 63.2. The number of thiophene rings is 1. The maximum Gasteiger partial charge on any atom is 0.143 e. The van der Waals surface area contributed by atoms with Crippen LogP contribution in [0.25, 0.3) is 97.5 Å². The molecular formula is C56H40N2S. The highest BCUT2D eigenvalue weighted by molar-refractivity contribution is 7.25. The van der Waals surface area contributed by atoms with E-state index in [-0.39, 0.29) is 0 Å². The summed E-state index contributed by atoms with van der Waals surface area (Å²) >= 11 is 1.70. The SMILES string of the molecule is Cc1cc2ccccc2cc1-c1c(C)c2c(c3ccccc13)-c1cc3ccccc3cc1C2.Cc1ccc(-c2nc3sc4ccccc4c3nc2-c2ccccc2)cc1. The summed E-state index contributed by atoms with van der Waals surface area (Å²) in [7, 11) is 0. The molecule has 0 bridgehead atoms. The van der Waals surface area contributed by atoms with Crippen LogP contribution in [0.1, 0.15) is 27.8 Å². The zero-order chi connectivity index (χ0) is 39.6. The lowest BCUT2D eigenvalue weighted by atomic mass is 9.84. The topological polar surface area (TPSA) is 25.8 Å². The van der Waals surface area contributed by atoms with Crippen LogP contribution in [0.5, 0.6) is 0 Å². The second kappa shape index (κ2) is 14.2. The number of aromatic nitrogens is 2. The molecule has 0 saturated carbocycles. The second-order valence-electron chi connectivity index (χ2n) is 15.9. The van der Waals surface area contributed by atoms with Crippen LogP contribution < -0.4 is 0 Å². The van der Waals surface area contributed by atoms with Crippen molar-refractivity contribution >= 4 is 64.1 Å². The highest BCUT2D eigenvalue weighted by Gasteiger charge is 2.27. The monoisotopic (exact) mass is 772 g/mol. The minimum Gasteiger partial charge on any atom is -0.242 e. The van der Waals surface area contributed by atoms with E-state index >= 15 is 0 Å². The first-order valence-corrected chi connectivity index (χ1v) is 21.2. The summed E-state index contributed by atoms with van der Waals surface area (Å²) in [6.45, 7) is 6.69. The van der Waals surface area contributed by atoms with E-state index in [1.54, 1.807) is 11.3 Å². The van der Waals surface area contributed by atoms with Gasteiger partial charge in [0.2, 0.25) is 0 Å². The van der Waals surface area contributed by atoms with Crippen LogP contribution in [0.4, 0.5) is 0 Å². The van der Waals surface area contributed by atoms with Crippen molar-refractivity contribution in [2.24, 2.45) is 0 Å². The van der Waals surface area contributed by atoms with Gasteiger partial charge in [0, 0.05) is 21.2 Å². The van der Waals surface area contributed by atoms with Gasteiger partial charge in [0.25, 0.3) is 0 Å². The van der Waals surface area contributed by atoms with E-state index in [0.717, 1.165) is 39.3 Å². The largest absolute Gasteiger partial charge is 0.242 e. The van der Waals surface area contributed by atoms with Crippen LogP contribution in [-0.4, -0.2) is 9.97 Å². The molecule has 11 aromatic rings. The van der Waals surface area contributed by atoms with Crippen molar-refractivity contribution in [1.29, 1.82) is 0 Å². The van der Waals surface area contributed by atoms with Gasteiger partial charge in [-0.25, -0.2) is 9.97 Å². The summed E-state index contributed by atoms with van der Waals surface area (Å²) < 4.78 is 1.22. The van der Waals surface area contributed by atoms with E-state index in [1.807, 2.05) is 18.2 Å². The molecule has 59 heavy (non-hydrogen) atoms. The normalized spacial score (nSPS) is 11.9. The van der Waals surface area contributed by atoms with Crippen LogP contribution in [0.3, 0.4) is 0 Å². The molecule has 0 unspecified atom stereocenters. The summed E-state index contributed by atoms with van der Waals surface area (Å²) in [6.07, 6.45) is 1.01. The zero-order valence-electron chi connectivity index (χ0n) is 33.3. The lowest BCUT2D eigenvalue weighted by Crippen LogP contribution is -1.96. The zero-order valence-corrected chi connectivity index (χ0v) is 34.1. The number of benzene rings is 9. The molecule has 9 aromatic carbocycles. The Balaban J connectivity index is 0.000000139. The highest BCUT2D eigenvalue weighted by Crippen LogP contribution is 2.49. The fourth-order valence-electron chi connectivity index (χ4n) is 9.21. The predicted molar refractivity (Wildman–Crippen MR) is 253 cm³/mol. The van der Waals surface area contributed by atoms with Gasteiger partial charge in [-0.2, -0.15) is 0 Å². The smallest absolute Gasteiger partial charge is 0.143 e. The minimum atomic E-state index is 0.936. The molecule has 0 spiro atoms. The number of rotatable bonds is 3. The number of aryl methyl sites for hydroxylation is 2. The van der Waals surface area contributed by atoms with Crippen molar-refractivity contribution in [2.75, 3.05) is 0 Å². The molecule has 1 aliphatic carbocycles. The molecular weight excluding hydrogens is 733 g/mol. The Hall–Kier alpha value is -6.94. The van der Waals surface area contributed by atoms with Crippen LogP contribution in [-0.2, 0) is 6.42 Å². The highest BCUT2D eigenvalue weighted by atomic mass is 32.1. The summed E-state index contributed by atoms with van der Waals surface area (Å²) in [5.41, 5.74) is 17.6. The van der Waals surface area contributed by atoms with Gasteiger partial charge in [-0.15, -0.1) is 11.3 Å². The molecule has 0 fully saturated rings. The Labute approximate surface area is 348 Å². The third-order valence-electron chi connectivity index (χ3n) is 12.2. The van der Waals surface area contributed by atoms with Crippen LogP contribution in [0.2, 0.25) is 0 Å². The predicted octanol–water partition coefficient (Wildman–Crippen LogP) is 15.5. The maximum absolute atomic E-state index is 5.08. The first kappa shape index (κ1) is 35.2. The van der Waals surface area contributed by atoms with Gasteiger partial charge in [0.15, 0.2) is 0 Å². The van der Waals surface area contributed by atoms with Gasteiger partial charge in [-0.1, -0.05) is 163 Å². The van der Waals surface area contributed by atoms with E-state index in [9.17, 15) is 0 Å². The molecule has 0 atom stereocenters. The third-order valence-corrected chi connectivity index (χ3v) is 13.2. The number of hydrogen-bond acceptors (Lipinski definition) is 3. The van der Waals surface area contributed by atoms with Gasteiger partial charge >= 0.3 is 0 Å². The fraction of sp³-hybridized carbons (Fsp3) is 0.0714. The van der Waals surface area contributed by atoms with Gasteiger partial charge in [0.05, 0.1) is 11.4 Å². The van der Waals surface area contributed by atoms with E-state index in [1.165, 1.54) is 92.5 Å². The lowest BCUT2D eigenvalue weighted by molar-refractivity contribution is 1.23. The average molecular weight is 773 g/mol. The van der Waals surface area contributed by atoms with Gasteiger partial charge < -0.3 is 0 Å². The molecule has 0 aliphatic heterocycles. The Morgan fingerprint density at radius 2 is 1.00 bits per heavy atom. The summed E-state index contributed by atoms with van der Waals surface area (Å²) in [5, 5.41) is 9.16. The van der Waals surface area contributed by atoms with Crippen LogP contribution >= 0.6 is 11.3 Å². The second-order valence-corrected chi connectivity index (χ2v) is 16.9. The summed E-state index contributed by atoms with van der Waals surface area (Å²) in [4.78, 5) is 11.1. The van der Waals surface area contributed by atoms with E-state index in [2.05, 4.69) is 178 Å². The Kier molecular flexibility index (Phi) is 8.46. The Morgan fingerprint density at radius 1 is 0.458 bits per heavy atom. The van der Waals surface area contributed by atoms with E-state index < -0.39 is 0 Å². The molecule has 2 heterocycles. The molecule has 0 saturated heterocycles. The molecule has 1 aliphatic rings. The molecule has 0 radical (unpaired) electrons. The van der Waals surface area contributed by atoms with Crippen molar-refractivity contribution in [1.82, 2.24) is 9.97 Å². The maximum atomic E-state index is 5.08. The van der Waals surface area contributed by atoms with Crippen LogP contribution in [0, 0.1) is 20.8 Å². The van der Waals surface area contributed by atoms with Gasteiger partial charge in [-0.3, -0.25) is 0 Å². The first-order valence-electron chi connectivity index (χ1n) is 20.4. The van der Waals surface area contributed by atoms with E-state index in [0.29, 0.717) is 0 Å². The van der Waals surface area contributed by atoms with Gasteiger partial charge in [-0.05, 0) is 122 Å². The van der Waals surface area contributed by atoms with Crippen molar-refractivity contribution in [3.63, 3.8) is 0 Å². The molecule has 2 nitrogen and oxygen atoms in total. The molecule has 0 N–H and O–H groups in total. The van der Waals surface area contributed by atoms with Crippen molar-refractivity contribution in [3.05, 3.63) is 204 Å². The first-order chi connectivity index (χ1) is 29.0. The number of nitrogens with zero attached hydrogens (tertiary/aromatic N) is 2. The molecule has 3 heteroatoms. The van der Waals surface area contributed by atoms with Crippen LogP contribution in [0.15, 0.2) is 176 Å². The number of hydrogen-bond donors (Lipinski definition) is 0.